The normalized spacial score (nSPS) is 21.6. The number of ether oxygens (including phenoxy) is 1. The number of carbonyl (C=O) groups is 3. The van der Waals surface area contributed by atoms with Gasteiger partial charge in [0.1, 0.15) is 5.78 Å². The summed E-state index contributed by atoms with van der Waals surface area (Å²) >= 11 is 0. The van der Waals surface area contributed by atoms with Crippen LogP contribution < -0.4 is 5.32 Å². The number of para-hydroxylation sites is 1. The fraction of sp³-hybridized carbons (Fsp3) is 0.550. The van der Waals surface area contributed by atoms with E-state index in [0.29, 0.717) is 5.69 Å². The summed E-state index contributed by atoms with van der Waals surface area (Å²) in [5, 5.41) is 13.5. The number of hydrogen-bond acceptors (Lipinski definition) is 6. The molecule has 0 radical (unpaired) electrons. The van der Waals surface area contributed by atoms with Gasteiger partial charge < -0.3 is 10.1 Å². The molecule has 1 amide bonds. The lowest BCUT2D eigenvalue weighted by Crippen LogP contribution is -2.28. The van der Waals surface area contributed by atoms with E-state index in [2.05, 4.69) is 5.32 Å². The van der Waals surface area contributed by atoms with E-state index >= 15 is 0 Å². The highest BCUT2D eigenvalue weighted by atomic mass is 16.6. The smallest absolute Gasteiger partial charge is 0.307 e. The predicted octanol–water partition coefficient (Wildman–Crippen LogP) is 2.80. The zero-order valence-electron chi connectivity index (χ0n) is 16.3. The quantitative estimate of drug-likeness (QED) is 0.414. The number of nitro groups is 1. The van der Waals surface area contributed by atoms with E-state index in [-0.39, 0.29) is 37.0 Å². The number of amides is 1. The Morgan fingerprint density at radius 2 is 2.00 bits per heavy atom. The van der Waals surface area contributed by atoms with Crippen molar-refractivity contribution in [2.45, 2.75) is 39.5 Å². The largest absolute Gasteiger partial charge is 0.456 e. The van der Waals surface area contributed by atoms with Crippen LogP contribution in [-0.2, 0) is 19.1 Å². The lowest BCUT2D eigenvalue weighted by molar-refractivity contribution is -0.490. The number of ketones is 1. The second-order valence-electron chi connectivity index (χ2n) is 7.59. The molecule has 28 heavy (non-hydrogen) atoms. The zero-order valence-corrected chi connectivity index (χ0v) is 16.3. The van der Waals surface area contributed by atoms with E-state index in [1.807, 2.05) is 26.0 Å². The highest BCUT2D eigenvalue weighted by molar-refractivity contribution is 5.94. The fourth-order valence-corrected chi connectivity index (χ4v) is 3.69. The van der Waals surface area contributed by atoms with Crippen LogP contribution in [0.1, 0.15) is 45.1 Å². The second-order valence-corrected chi connectivity index (χ2v) is 7.59. The minimum Gasteiger partial charge on any atom is -0.456 e. The van der Waals surface area contributed by atoms with Crippen LogP contribution in [0.15, 0.2) is 24.3 Å². The Balaban J connectivity index is 1.89. The molecule has 152 valence electrons. The van der Waals surface area contributed by atoms with Gasteiger partial charge in [-0.3, -0.25) is 24.5 Å². The Hall–Kier alpha value is -2.77. The number of hydrogen-bond donors (Lipinski definition) is 1. The summed E-state index contributed by atoms with van der Waals surface area (Å²) in [5.41, 5.74) is 1.62. The third kappa shape index (κ3) is 5.61. The summed E-state index contributed by atoms with van der Waals surface area (Å²) in [5.74, 6) is -2.48. The SMILES string of the molecule is CC(C)c1ccccc1NC(=O)COC(=O)C[C@H]1C(=O)C[C@H](C)[C@H]1C[N+](=O)[O-]. The Morgan fingerprint density at radius 3 is 2.64 bits per heavy atom. The van der Waals surface area contributed by atoms with E-state index in [1.54, 1.807) is 19.1 Å². The van der Waals surface area contributed by atoms with Crippen molar-refractivity contribution >= 4 is 23.3 Å². The van der Waals surface area contributed by atoms with Crippen LogP contribution >= 0.6 is 0 Å². The Bertz CT molecular complexity index is 761. The molecule has 1 aliphatic rings. The summed E-state index contributed by atoms with van der Waals surface area (Å²) in [6.45, 7) is 4.97. The van der Waals surface area contributed by atoms with Gasteiger partial charge in [-0.25, -0.2) is 0 Å². The van der Waals surface area contributed by atoms with Crippen molar-refractivity contribution in [1.29, 1.82) is 0 Å². The maximum atomic E-state index is 12.1. The summed E-state index contributed by atoms with van der Waals surface area (Å²) in [6.07, 6.45) is -0.0134. The third-order valence-corrected chi connectivity index (χ3v) is 5.15. The van der Waals surface area contributed by atoms with Crippen molar-refractivity contribution < 1.29 is 24.0 Å². The van der Waals surface area contributed by atoms with Crippen molar-refractivity contribution in [1.82, 2.24) is 0 Å². The number of carbonyl (C=O) groups excluding carboxylic acids is 3. The van der Waals surface area contributed by atoms with Crippen molar-refractivity contribution in [3.63, 3.8) is 0 Å². The number of nitrogens with one attached hydrogen (secondary N) is 1. The second kappa shape index (κ2) is 9.43. The molecule has 0 unspecified atom stereocenters. The summed E-state index contributed by atoms with van der Waals surface area (Å²) in [7, 11) is 0. The topological polar surface area (TPSA) is 116 Å². The molecule has 1 aromatic carbocycles. The summed E-state index contributed by atoms with van der Waals surface area (Å²) in [6, 6.07) is 7.37. The number of rotatable bonds is 8. The fourth-order valence-electron chi connectivity index (χ4n) is 3.69. The van der Waals surface area contributed by atoms with Gasteiger partial charge in [0.25, 0.3) is 5.91 Å². The van der Waals surface area contributed by atoms with Crippen molar-refractivity contribution in [3.05, 3.63) is 39.9 Å². The number of nitrogens with zero attached hydrogens (tertiary/aromatic N) is 1. The maximum absolute atomic E-state index is 12.1. The van der Waals surface area contributed by atoms with E-state index in [4.69, 9.17) is 4.74 Å². The Kier molecular flexibility index (Phi) is 7.25. The van der Waals surface area contributed by atoms with Gasteiger partial charge in [0.2, 0.25) is 6.54 Å². The molecule has 8 nitrogen and oxygen atoms in total. The van der Waals surface area contributed by atoms with Crippen LogP contribution in [0.25, 0.3) is 0 Å². The molecule has 0 spiro atoms. The van der Waals surface area contributed by atoms with Gasteiger partial charge in [0.15, 0.2) is 6.61 Å². The standard InChI is InChI=1S/C20H26N2O6/c1-12(2)14-6-4-5-7-17(14)21-19(24)11-28-20(25)9-15-16(10-22(26)27)13(3)8-18(15)23/h4-7,12-13,15-16H,8-11H2,1-3H3,(H,21,24)/t13-,15+,16+/m0/s1. The van der Waals surface area contributed by atoms with Crippen molar-refractivity contribution in [3.8, 4) is 0 Å². The van der Waals surface area contributed by atoms with E-state index in [1.165, 1.54) is 0 Å². The highest BCUT2D eigenvalue weighted by Gasteiger charge is 2.44. The monoisotopic (exact) mass is 390 g/mol. The molecule has 1 aromatic rings. The molecule has 2 rings (SSSR count). The van der Waals surface area contributed by atoms with Gasteiger partial charge in [0.05, 0.1) is 6.42 Å². The molecule has 1 aliphatic carbocycles. The molecular weight excluding hydrogens is 364 g/mol. The molecule has 0 aliphatic heterocycles. The molecule has 0 aromatic heterocycles. The van der Waals surface area contributed by atoms with Crippen LogP contribution in [-0.4, -0.2) is 35.7 Å². The van der Waals surface area contributed by atoms with Gasteiger partial charge >= 0.3 is 5.97 Å². The number of Topliss-reactive ketones (excluding diaryl/α,β-unsaturated/α-hetero) is 1. The first kappa shape index (κ1) is 21.5. The van der Waals surface area contributed by atoms with E-state index in [9.17, 15) is 24.5 Å². The lowest BCUT2D eigenvalue weighted by Gasteiger charge is -2.17. The first-order chi connectivity index (χ1) is 13.2. The van der Waals surface area contributed by atoms with Crippen LogP contribution in [0.5, 0.6) is 0 Å². The Morgan fingerprint density at radius 1 is 1.32 bits per heavy atom. The number of benzene rings is 1. The van der Waals surface area contributed by atoms with E-state index < -0.39 is 35.2 Å². The number of esters is 1. The average molecular weight is 390 g/mol. The van der Waals surface area contributed by atoms with Gasteiger partial charge in [-0.1, -0.05) is 39.0 Å². The lowest BCUT2D eigenvalue weighted by atomic mass is 9.88. The molecule has 0 saturated heterocycles. The van der Waals surface area contributed by atoms with Gasteiger partial charge in [-0.15, -0.1) is 0 Å². The van der Waals surface area contributed by atoms with Crippen molar-refractivity contribution in [2.24, 2.45) is 17.8 Å². The third-order valence-electron chi connectivity index (χ3n) is 5.15. The minimum atomic E-state index is -0.724. The van der Waals surface area contributed by atoms with Gasteiger partial charge in [-0.05, 0) is 23.5 Å². The van der Waals surface area contributed by atoms with Gasteiger partial charge in [0, 0.05) is 28.9 Å². The average Bonchev–Trinajstić information content (AvgIpc) is 2.86. The molecule has 3 atom stereocenters. The molecule has 0 heterocycles. The van der Waals surface area contributed by atoms with Gasteiger partial charge in [-0.2, -0.15) is 0 Å². The Labute approximate surface area is 163 Å². The first-order valence-electron chi connectivity index (χ1n) is 9.38. The molecule has 1 saturated carbocycles. The van der Waals surface area contributed by atoms with Crippen LogP contribution in [0.3, 0.4) is 0 Å². The molecule has 0 bridgehead atoms. The zero-order chi connectivity index (χ0) is 20.8. The first-order valence-corrected chi connectivity index (χ1v) is 9.38. The predicted molar refractivity (Wildman–Crippen MR) is 102 cm³/mol. The molecular formula is C20H26N2O6. The van der Waals surface area contributed by atoms with Crippen LogP contribution in [0, 0.1) is 27.9 Å². The van der Waals surface area contributed by atoms with Crippen LogP contribution in [0.2, 0.25) is 0 Å². The molecule has 8 heteroatoms. The maximum Gasteiger partial charge on any atom is 0.307 e. The van der Waals surface area contributed by atoms with Crippen LogP contribution in [0.4, 0.5) is 5.69 Å². The summed E-state index contributed by atoms with van der Waals surface area (Å²) in [4.78, 5) is 46.7. The minimum absolute atomic E-state index is 0.147. The number of anilines is 1. The highest BCUT2D eigenvalue weighted by Crippen LogP contribution is 2.36. The molecule has 1 N–H and O–H groups in total. The van der Waals surface area contributed by atoms with E-state index in [0.717, 1.165) is 5.56 Å². The summed E-state index contributed by atoms with van der Waals surface area (Å²) < 4.78 is 5.00. The molecule has 1 fully saturated rings. The van der Waals surface area contributed by atoms with Crippen molar-refractivity contribution in [2.75, 3.05) is 18.5 Å².